The zero-order valence-electron chi connectivity index (χ0n) is 21.1. The lowest BCUT2D eigenvalue weighted by molar-refractivity contribution is 1.01. The molecule has 3 nitrogen and oxygen atoms in total. The van der Waals surface area contributed by atoms with E-state index in [9.17, 15) is 0 Å². The van der Waals surface area contributed by atoms with Gasteiger partial charge in [0, 0.05) is 21.7 Å². The average Bonchev–Trinajstić information content (AvgIpc) is 3.34. The first-order chi connectivity index (χ1) is 19.3. The third kappa shape index (κ3) is 3.52. The van der Waals surface area contributed by atoms with E-state index >= 15 is 0 Å². The summed E-state index contributed by atoms with van der Waals surface area (Å²) in [5.74, 6) is 0.678. The third-order valence-electron chi connectivity index (χ3n) is 7.59. The van der Waals surface area contributed by atoms with Crippen LogP contribution in [0.1, 0.15) is 0 Å². The predicted molar refractivity (Wildman–Crippen MR) is 162 cm³/mol. The van der Waals surface area contributed by atoms with Crippen molar-refractivity contribution >= 4 is 43.5 Å². The van der Waals surface area contributed by atoms with Gasteiger partial charge in [-0.2, -0.15) is 0 Å². The Morgan fingerprint density at radius 2 is 1.08 bits per heavy atom. The summed E-state index contributed by atoms with van der Waals surface area (Å²) in [5, 5.41) is 5.92. The Morgan fingerprint density at radius 1 is 0.410 bits per heavy atom. The van der Waals surface area contributed by atoms with E-state index in [2.05, 4.69) is 126 Å². The van der Waals surface area contributed by atoms with Crippen LogP contribution in [-0.4, -0.2) is 14.5 Å². The molecule has 8 aromatic rings. The first-order valence-electron chi connectivity index (χ1n) is 13.2. The van der Waals surface area contributed by atoms with Gasteiger partial charge in [-0.05, 0) is 52.2 Å². The molecule has 0 aliphatic rings. The number of hydrogen-bond acceptors (Lipinski definition) is 2. The van der Waals surface area contributed by atoms with Crippen LogP contribution in [0.2, 0.25) is 0 Å². The summed E-state index contributed by atoms with van der Waals surface area (Å²) in [7, 11) is 0. The van der Waals surface area contributed by atoms with E-state index in [0.717, 1.165) is 33.2 Å². The number of benzene rings is 6. The molecule has 0 N–H and O–H groups in total. The van der Waals surface area contributed by atoms with Gasteiger partial charge in [0.1, 0.15) is 0 Å². The number of fused-ring (bicyclic) bond motifs is 5. The molecule has 0 aliphatic heterocycles. The Balaban J connectivity index is 1.39. The molecule has 0 fully saturated rings. The lowest BCUT2D eigenvalue weighted by atomic mass is 9.99. The SMILES string of the molecule is c1ccc(-c2nc(-n3c4ccccc4c4cc(-c5ccc6ccccc6c5)ccc43)nc3ccccc23)cc1. The molecule has 182 valence electrons. The van der Waals surface area contributed by atoms with Crippen LogP contribution in [0.4, 0.5) is 0 Å². The maximum Gasteiger partial charge on any atom is 0.235 e. The first kappa shape index (κ1) is 21.8. The van der Waals surface area contributed by atoms with Crippen LogP contribution in [-0.2, 0) is 0 Å². The van der Waals surface area contributed by atoms with Crippen LogP contribution in [0.3, 0.4) is 0 Å². The minimum absolute atomic E-state index is 0.678. The topological polar surface area (TPSA) is 30.7 Å². The molecule has 3 heteroatoms. The summed E-state index contributed by atoms with van der Waals surface area (Å²) >= 11 is 0. The number of nitrogens with zero attached hydrogens (tertiary/aromatic N) is 3. The van der Waals surface area contributed by atoms with E-state index in [4.69, 9.17) is 9.97 Å². The Hall–Kier alpha value is -5.28. The molecule has 6 aromatic carbocycles. The molecule has 0 bridgehead atoms. The van der Waals surface area contributed by atoms with Gasteiger partial charge >= 0.3 is 0 Å². The van der Waals surface area contributed by atoms with Gasteiger partial charge in [0.2, 0.25) is 5.95 Å². The normalized spacial score (nSPS) is 11.6. The van der Waals surface area contributed by atoms with Gasteiger partial charge < -0.3 is 0 Å². The van der Waals surface area contributed by atoms with Crippen molar-refractivity contribution in [3.63, 3.8) is 0 Å². The van der Waals surface area contributed by atoms with E-state index in [0.29, 0.717) is 5.95 Å². The van der Waals surface area contributed by atoms with E-state index in [1.54, 1.807) is 0 Å². The number of aromatic nitrogens is 3. The predicted octanol–water partition coefficient (Wildman–Crippen LogP) is 9.21. The summed E-state index contributed by atoms with van der Waals surface area (Å²) < 4.78 is 2.20. The molecule has 2 heterocycles. The first-order valence-corrected chi connectivity index (χ1v) is 13.2. The highest BCUT2D eigenvalue weighted by atomic mass is 15.2. The van der Waals surface area contributed by atoms with Crippen molar-refractivity contribution in [3.8, 4) is 28.3 Å². The van der Waals surface area contributed by atoms with E-state index in [-0.39, 0.29) is 0 Å². The fraction of sp³-hybridized carbons (Fsp3) is 0. The second kappa shape index (κ2) is 8.64. The molecular weight excluding hydrogens is 474 g/mol. The Kier molecular flexibility index (Phi) is 4.82. The molecule has 8 rings (SSSR count). The monoisotopic (exact) mass is 497 g/mol. The van der Waals surface area contributed by atoms with Gasteiger partial charge in [-0.1, -0.05) is 109 Å². The van der Waals surface area contributed by atoms with Gasteiger partial charge in [0.05, 0.1) is 22.2 Å². The second-order valence-corrected chi connectivity index (χ2v) is 9.90. The Bertz CT molecular complexity index is 2170. The molecule has 0 radical (unpaired) electrons. The van der Waals surface area contributed by atoms with Crippen molar-refractivity contribution in [1.82, 2.24) is 14.5 Å². The lowest BCUT2D eigenvalue weighted by Crippen LogP contribution is -2.03. The van der Waals surface area contributed by atoms with Gasteiger partial charge in [-0.25, -0.2) is 9.97 Å². The Morgan fingerprint density at radius 3 is 1.97 bits per heavy atom. The minimum atomic E-state index is 0.678. The largest absolute Gasteiger partial charge is 0.278 e. The summed E-state index contributed by atoms with van der Waals surface area (Å²) in [6, 6.07) is 49.1. The molecule has 0 saturated heterocycles. The zero-order chi connectivity index (χ0) is 25.8. The van der Waals surface area contributed by atoms with Crippen LogP contribution in [0.15, 0.2) is 140 Å². The highest BCUT2D eigenvalue weighted by Crippen LogP contribution is 2.36. The third-order valence-corrected chi connectivity index (χ3v) is 7.59. The molecule has 39 heavy (non-hydrogen) atoms. The van der Waals surface area contributed by atoms with Crippen LogP contribution >= 0.6 is 0 Å². The summed E-state index contributed by atoms with van der Waals surface area (Å²) in [4.78, 5) is 10.3. The molecule has 2 aromatic heterocycles. The van der Waals surface area contributed by atoms with Crippen LogP contribution < -0.4 is 0 Å². The van der Waals surface area contributed by atoms with Crippen molar-refractivity contribution < 1.29 is 0 Å². The standard InChI is InChI=1S/C36H23N3/c1-2-11-25(12-3-1)35-30-15-6-8-16-32(30)37-36(38-35)39-33-17-9-7-14-29(33)31-23-28(20-21-34(31)39)27-19-18-24-10-4-5-13-26(24)22-27/h1-23H. The maximum absolute atomic E-state index is 5.18. The lowest BCUT2D eigenvalue weighted by Gasteiger charge is -2.12. The number of hydrogen-bond donors (Lipinski definition) is 0. The molecule has 0 amide bonds. The number of rotatable bonds is 3. The van der Waals surface area contributed by atoms with Crippen molar-refractivity contribution in [2.45, 2.75) is 0 Å². The molecule has 0 atom stereocenters. The highest BCUT2D eigenvalue weighted by Gasteiger charge is 2.17. The Labute approximate surface area is 225 Å². The molecule has 0 unspecified atom stereocenters. The van der Waals surface area contributed by atoms with Gasteiger partial charge in [-0.15, -0.1) is 0 Å². The maximum atomic E-state index is 5.18. The molecule has 0 saturated carbocycles. The van der Waals surface area contributed by atoms with Gasteiger partial charge in [0.25, 0.3) is 0 Å². The zero-order valence-corrected chi connectivity index (χ0v) is 21.1. The fourth-order valence-electron chi connectivity index (χ4n) is 5.72. The molecular formula is C36H23N3. The van der Waals surface area contributed by atoms with Crippen LogP contribution in [0.25, 0.3) is 71.8 Å². The minimum Gasteiger partial charge on any atom is -0.278 e. The number of para-hydroxylation sites is 2. The highest BCUT2D eigenvalue weighted by molar-refractivity contribution is 6.10. The van der Waals surface area contributed by atoms with Crippen molar-refractivity contribution in [1.29, 1.82) is 0 Å². The van der Waals surface area contributed by atoms with E-state index in [1.165, 1.54) is 32.7 Å². The van der Waals surface area contributed by atoms with Gasteiger partial charge in [0.15, 0.2) is 0 Å². The summed E-state index contributed by atoms with van der Waals surface area (Å²) in [6.07, 6.45) is 0. The second-order valence-electron chi connectivity index (χ2n) is 9.90. The average molecular weight is 498 g/mol. The summed E-state index contributed by atoms with van der Waals surface area (Å²) in [5.41, 5.74) is 7.54. The van der Waals surface area contributed by atoms with Gasteiger partial charge in [-0.3, -0.25) is 4.57 Å². The molecule has 0 spiro atoms. The van der Waals surface area contributed by atoms with Crippen molar-refractivity contribution in [2.24, 2.45) is 0 Å². The quantitative estimate of drug-likeness (QED) is 0.244. The van der Waals surface area contributed by atoms with E-state index < -0.39 is 0 Å². The van der Waals surface area contributed by atoms with Crippen molar-refractivity contribution in [3.05, 3.63) is 140 Å². The molecule has 0 aliphatic carbocycles. The van der Waals surface area contributed by atoms with E-state index in [1.807, 2.05) is 18.2 Å². The smallest absolute Gasteiger partial charge is 0.235 e. The fourth-order valence-corrected chi connectivity index (χ4v) is 5.72. The van der Waals surface area contributed by atoms with Crippen LogP contribution in [0.5, 0.6) is 0 Å². The summed E-state index contributed by atoms with van der Waals surface area (Å²) in [6.45, 7) is 0. The van der Waals surface area contributed by atoms with Crippen molar-refractivity contribution in [2.75, 3.05) is 0 Å². The van der Waals surface area contributed by atoms with Crippen LogP contribution in [0, 0.1) is 0 Å².